The van der Waals surface area contributed by atoms with Crippen molar-refractivity contribution in [3.05, 3.63) is 34.9 Å². The van der Waals surface area contributed by atoms with Gasteiger partial charge in [-0.15, -0.1) is 0 Å². The number of alkyl halides is 1. The number of halogens is 2. The van der Waals surface area contributed by atoms with Gasteiger partial charge in [-0.05, 0) is 24.3 Å². The van der Waals surface area contributed by atoms with Gasteiger partial charge in [0.15, 0.2) is 11.6 Å². The van der Waals surface area contributed by atoms with Crippen LogP contribution in [-0.4, -0.2) is 16.9 Å². The van der Waals surface area contributed by atoms with Gasteiger partial charge in [-0.3, -0.25) is 9.59 Å². The van der Waals surface area contributed by atoms with Gasteiger partial charge in [0.25, 0.3) is 0 Å². The van der Waals surface area contributed by atoms with Crippen molar-refractivity contribution in [2.75, 3.05) is 5.33 Å². The molecule has 0 atom stereocenters. The lowest BCUT2D eigenvalue weighted by Crippen LogP contribution is -2.08. The Morgan fingerprint density at radius 2 is 1.79 bits per heavy atom. The maximum Gasteiger partial charge on any atom is 0.170 e. The lowest BCUT2D eigenvalue weighted by atomic mass is 10.1. The predicted molar refractivity (Wildman–Crippen MR) is 59.2 cm³/mol. The number of benzene rings is 1. The molecule has 0 heterocycles. The third kappa shape index (κ3) is 3.24. The van der Waals surface area contributed by atoms with Crippen LogP contribution >= 0.6 is 27.5 Å². The third-order valence-electron chi connectivity index (χ3n) is 1.67. The second-order valence-electron chi connectivity index (χ2n) is 2.78. The van der Waals surface area contributed by atoms with Gasteiger partial charge in [0, 0.05) is 10.6 Å². The van der Waals surface area contributed by atoms with Crippen LogP contribution < -0.4 is 0 Å². The molecule has 0 aliphatic rings. The zero-order valence-electron chi connectivity index (χ0n) is 7.30. The van der Waals surface area contributed by atoms with E-state index in [1.807, 2.05) is 0 Å². The first-order chi connectivity index (χ1) is 6.63. The molecule has 0 bridgehead atoms. The van der Waals surface area contributed by atoms with Crippen molar-refractivity contribution in [3.8, 4) is 0 Å². The molecular weight excluding hydrogens is 267 g/mol. The first kappa shape index (κ1) is 11.4. The second kappa shape index (κ2) is 5.27. The Balaban J connectivity index is 2.70. The molecule has 0 fully saturated rings. The lowest BCUT2D eigenvalue weighted by molar-refractivity contribution is -0.115. The van der Waals surface area contributed by atoms with Crippen molar-refractivity contribution in [1.29, 1.82) is 0 Å². The summed E-state index contributed by atoms with van der Waals surface area (Å²) in [4.78, 5) is 22.4. The van der Waals surface area contributed by atoms with Crippen LogP contribution in [0.25, 0.3) is 0 Å². The predicted octanol–water partition coefficient (Wildman–Crippen LogP) is 2.88. The van der Waals surface area contributed by atoms with E-state index in [4.69, 9.17) is 11.6 Å². The van der Waals surface area contributed by atoms with Crippen LogP contribution in [0.15, 0.2) is 24.3 Å². The highest BCUT2D eigenvalue weighted by Gasteiger charge is 2.10. The molecule has 0 aromatic heterocycles. The number of ketones is 2. The molecule has 0 aliphatic heterocycles. The van der Waals surface area contributed by atoms with Gasteiger partial charge in [0.1, 0.15) is 0 Å². The highest BCUT2D eigenvalue weighted by Crippen LogP contribution is 2.11. The van der Waals surface area contributed by atoms with Gasteiger partial charge >= 0.3 is 0 Å². The normalized spacial score (nSPS) is 9.86. The molecule has 0 radical (unpaired) electrons. The summed E-state index contributed by atoms with van der Waals surface area (Å²) < 4.78 is 0. The molecule has 0 saturated heterocycles. The SMILES string of the molecule is O=C(CBr)CC(=O)c1ccc(Cl)cc1. The van der Waals surface area contributed by atoms with E-state index in [0.29, 0.717) is 10.6 Å². The molecule has 0 unspecified atom stereocenters. The van der Waals surface area contributed by atoms with Crippen molar-refractivity contribution in [2.24, 2.45) is 0 Å². The highest BCUT2D eigenvalue weighted by molar-refractivity contribution is 9.09. The van der Waals surface area contributed by atoms with Crippen LogP contribution in [0.5, 0.6) is 0 Å². The number of hydrogen-bond acceptors (Lipinski definition) is 2. The van der Waals surface area contributed by atoms with E-state index >= 15 is 0 Å². The summed E-state index contributed by atoms with van der Waals surface area (Å²) >= 11 is 8.67. The van der Waals surface area contributed by atoms with E-state index in [2.05, 4.69) is 15.9 Å². The number of carbonyl (C=O) groups excluding carboxylic acids is 2. The Bertz CT molecular complexity index is 346. The molecule has 1 aromatic rings. The highest BCUT2D eigenvalue weighted by atomic mass is 79.9. The fourth-order valence-electron chi connectivity index (χ4n) is 0.964. The van der Waals surface area contributed by atoms with E-state index in [9.17, 15) is 9.59 Å². The topological polar surface area (TPSA) is 34.1 Å². The van der Waals surface area contributed by atoms with Crippen LogP contribution in [0.4, 0.5) is 0 Å². The van der Waals surface area contributed by atoms with Gasteiger partial charge in [0.2, 0.25) is 0 Å². The molecule has 4 heteroatoms. The second-order valence-corrected chi connectivity index (χ2v) is 3.78. The van der Waals surface area contributed by atoms with Crippen LogP contribution in [0, 0.1) is 0 Å². The molecule has 74 valence electrons. The van der Waals surface area contributed by atoms with Gasteiger partial charge in [-0.1, -0.05) is 27.5 Å². The average Bonchev–Trinajstić information content (AvgIpc) is 2.18. The third-order valence-corrected chi connectivity index (χ3v) is 2.55. The Morgan fingerprint density at radius 1 is 1.21 bits per heavy atom. The zero-order valence-corrected chi connectivity index (χ0v) is 9.64. The molecule has 0 amide bonds. The molecule has 0 spiro atoms. The standard InChI is InChI=1S/C10H8BrClO2/c11-6-9(13)5-10(14)7-1-3-8(12)4-2-7/h1-4H,5-6H2. The molecule has 1 rings (SSSR count). The summed E-state index contributed by atoms with van der Waals surface area (Å²) in [7, 11) is 0. The number of carbonyl (C=O) groups is 2. The van der Waals surface area contributed by atoms with Crippen LogP contribution in [-0.2, 0) is 4.79 Å². The molecule has 0 N–H and O–H groups in total. The summed E-state index contributed by atoms with van der Waals surface area (Å²) in [5.41, 5.74) is 0.517. The quantitative estimate of drug-likeness (QED) is 0.481. The van der Waals surface area contributed by atoms with E-state index in [1.54, 1.807) is 24.3 Å². The Hall–Kier alpha value is -0.670. The fourth-order valence-corrected chi connectivity index (χ4v) is 1.29. The van der Waals surface area contributed by atoms with E-state index in [1.165, 1.54) is 0 Å². The van der Waals surface area contributed by atoms with Crippen LogP contribution in [0.2, 0.25) is 5.02 Å². The summed E-state index contributed by atoms with van der Waals surface area (Å²) in [5, 5.41) is 0.792. The van der Waals surface area contributed by atoms with Gasteiger partial charge in [0.05, 0.1) is 11.8 Å². The van der Waals surface area contributed by atoms with Gasteiger partial charge in [-0.2, -0.15) is 0 Å². The summed E-state index contributed by atoms with van der Waals surface area (Å²) in [6, 6.07) is 6.50. The molecule has 0 saturated carbocycles. The van der Waals surface area contributed by atoms with Crippen molar-refractivity contribution in [2.45, 2.75) is 6.42 Å². The van der Waals surface area contributed by atoms with Crippen LogP contribution in [0.1, 0.15) is 16.8 Å². The molecule has 14 heavy (non-hydrogen) atoms. The van der Waals surface area contributed by atoms with Gasteiger partial charge < -0.3 is 0 Å². The minimum Gasteiger partial charge on any atom is -0.298 e. The van der Waals surface area contributed by atoms with Crippen molar-refractivity contribution < 1.29 is 9.59 Å². The number of hydrogen-bond donors (Lipinski definition) is 0. The number of Topliss-reactive ketones (excluding diaryl/α,β-unsaturated/α-hetero) is 2. The summed E-state index contributed by atoms with van der Waals surface area (Å²) in [6.07, 6.45) is -0.0626. The summed E-state index contributed by atoms with van der Waals surface area (Å²) in [5.74, 6) is -0.295. The lowest BCUT2D eigenvalue weighted by Gasteiger charge is -1.98. The maximum absolute atomic E-state index is 11.4. The smallest absolute Gasteiger partial charge is 0.170 e. The fraction of sp³-hybridized carbons (Fsp3) is 0.200. The zero-order chi connectivity index (χ0) is 10.6. The van der Waals surface area contributed by atoms with E-state index < -0.39 is 0 Å². The van der Waals surface area contributed by atoms with Crippen molar-refractivity contribution in [1.82, 2.24) is 0 Å². The van der Waals surface area contributed by atoms with E-state index in [-0.39, 0.29) is 23.3 Å². The first-order valence-electron chi connectivity index (χ1n) is 4.00. The van der Waals surface area contributed by atoms with E-state index in [0.717, 1.165) is 0 Å². The molecular formula is C10H8BrClO2. The largest absolute Gasteiger partial charge is 0.298 e. The average molecular weight is 276 g/mol. The molecule has 2 nitrogen and oxygen atoms in total. The monoisotopic (exact) mass is 274 g/mol. The molecule has 1 aromatic carbocycles. The Morgan fingerprint density at radius 3 is 2.29 bits per heavy atom. The number of rotatable bonds is 4. The molecule has 0 aliphatic carbocycles. The van der Waals surface area contributed by atoms with Crippen LogP contribution in [0.3, 0.4) is 0 Å². The van der Waals surface area contributed by atoms with Crippen molar-refractivity contribution in [3.63, 3.8) is 0 Å². The first-order valence-corrected chi connectivity index (χ1v) is 5.50. The Labute approximate surface area is 95.4 Å². The minimum absolute atomic E-state index is 0.0626. The Kier molecular flexibility index (Phi) is 4.29. The maximum atomic E-state index is 11.4. The summed E-state index contributed by atoms with van der Waals surface area (Å²) in [6.45, 7) is 0. The minimum atomic E-state index is -0.175. The van der Waals surface area contributed by atoms with Gasteiger partial charge in [-0.25, -0.2) is 0 Å². The van der Waals surface area contributed by atoms with Crippen molar-refractivity contribution >= 4 is 39.1 Å².